The van der Waals surface area contributed by atoms with Crippen LogP contribution in [0.25, 0.3) is 0 Å². The second-order valence-corrected chi connectivity index (χ2v) is 4.40. The predicted molar refractivity (Wildman–Crippen MR) is 65.6 cm³/mol. The molecule has 1 aromatic rings. The molecule has 2 atom stereocenters. The van der Waals surface area contributed by atoms with Crippen LogP contribution in [-0.4, -0.2) is 17.4 Å². The van der Waals surface area contributed by atoms with Crippen LogP contribution in [0.2, 0.25) is 0 Å². The Morgan fingerprint density at radius 1 is 1.39 bits per heavy atom. The minimum Gasteiger partial charge on any atom is -0.481 e. The summed E-state index contributed by atoms with van der Waals surface area (Å²) in [5.74, 6) is -0.688. The summed E-state index contributed by atoms with van der Waals surface area (Å²) in [7, 11) is 0. The smallest absolute Gasteiger partial charge is 0.306 e. The molecule has 0 fully saturated rings. The lowest BCUT2D eigenvalue weighted by atomic mass is 10.1. The van der Waals surface area contributed by atoms with Gasteiger partial charge in [0.15, 0.2) is 0 Å². The van der Waals surface area contributed by atoms with Gasteiger partial charge in [-0.1, -0.05) is 37.3 Å². The van der Waals surface area contributed by atoms with E-state index in [1.165, 1.54) is 6.26 Å². The molecule has 0 spiro atoms. The third kappa shape index (κ3) is 3.26. The van der Waals surface area contributed by atoms with Gasteiger partial charge < -0.3 is 14.6 Å². The fourth-order valence-electron chi connectivity index (χ4n) is 1.76. The average molecular weight is 248 g/mol. The van der Waals surface area contributed by atoms with E-state index in [0.717, 1.165) is 5.56 Å². The summed E-state index contributed by atoms with van der Waals surface area (Å²) in [6.45, 7) is 1.65. The summed E-state index contributed by atoms with van der Waals surface area (Å²) in [6.07, 6.45) is 2.19. The minimum absolute atomic E-state index is 0.344. The van der Waals surface area contributed by atoms with Crippen molar-refractivity contribution in [1.82, 2.24) is 0 Å². The molecule has 1 aromatic carbocycles. The standard InChI is InChI=1S/C14H16O4/c1-10(14(15)16)7-12-9-17-13(18-12)8-11-5-3-2-4-6-11/h2-6,9-10,13H,7-8H2,1H3,(H,15,16)/t10-,13?/m0/s1. The minimum atomic E-state index is -0.828. The number of carbonyl (C=O) groups is 1. The van der Waals surface area contributed by atoms with Crippen LogP contribution >= 0.6 is 0 Å². The molecule has 0 radical (unpaired) electrons. The lowest BCUT2D eigenvalue weighted by molar-refractivity contribution is -0.141. The van der Waals surface area contributed by atoms with Crippen molar-refractivity contribution in [1.29, 1.82) is 0 Å². The Bertz CT molecular complexity index is 438. The summed E-state index contributed by atoms with van der Waals surface area (Å²) in [5, 5.41) is 8.82. The molecule has 0 aliphatic carbocycles. The van der Waals surface area contributed by atoms with Crippen molar-refractivity contribution in [2.24, 2.45) is 5.92 Å². The zero-order chi connectivity index (χ0) is 13.0. The van der Waals surface area contributed by atoms with Crippen molar-refractivity contribution in [2.45, 2.75) is 26.1 Å². The Kier molecular flexibility index (Phi) is 3.87. The monoisotopic (exact) mass is 248 g/mol. The Balaban J connectivity index is 1.82. The Hall–Kier alpha value is -1.97. The van der Waals surface area contributed by atoms with Crippen LogP contribution in [0.4, 0.5) is 0 Å². The second kappa shape index (κ2) is 5.58. The highest BCUT2D eigenvalue weighted by molar-refractivity contribution is 5.69. The van der Waals surface area contributed by atoms with Crippen LogP contribution in [0, 0.1) is 5.92 Å². The first kappa shape index (κ1) is 12.5. The summed E-state index contributed by atoms with van der Waals surface area (Å²) in [6, 6.07) is 9.89. The van der Waals surface area contributed by atoms with Crippen LogP contribution in [0.15, 0.2) is 42.4 Å². The predicted octanol–water partition coefficient (Wildman–Crippen LogP) is 2.55. The van der Waals surface area contributed by atoms with Crippen LogP contribution in [0.1, 0.15) is 18.9 Å². The van der Waals surface area contributed by atoms with E-state index in [4.69, 9.17) is 14.6 Å². The van der Waals surface area contributed by atoms with Crippen molar-refractivity contribution in [3.63, 3.8) is 0 Å². The highest BCUT2D eigenvalue weighted by atomic mass is 16.7. The van der Waals surface area contributed by atoms with Gasteiger partial charge in [0.2, 0.25) is 6.29 Å². The van der Waals surface area contributed by atoms with Gasteiger partial charge in [-0.25, -0.2) is 0 Å². The van der Waals surface area contributed by atoms with Crippen molar-refractivity contribution < 1.29 is 19.4 Å². The van der Waals surface area contributed by atoms with Crippen molar-refractivity contribution in [3.05, 3.63) is 47.9 Å². The molecule has 0 amide bonds. The molecule has 0 saturated carbocycles. The average Bonchev–Trinajstić information content (AvgIpc) is 2.77. The van der Waals surface area contributed by atoms with E-state index < -0.39 is 11.9 Å². The van der Waals surface area contributed by atoms with Gasteiger partial charge in [0.1, 0.15) is 12.0 Å². The zero-order valence-electron chi connectivity index (χ0n) is 10.2. The summed E-state index contributed by atoms with van der Waals surface area (Å²) < 4.78 is 10.9. The first-order chi connectivity index (χ1) is 8.65. The first-order valence-corrected chi connectivity index (χ1v) is 5.93. The molecule has 0 bridgehead atoms. The molecule has 4 heteroatoms. The highest BCUT2D eigenvalue weighted by Gasteiger charge is 2.23. The maximum atomic E-state index is 10.7. The number of rotatable bonds is 5. The largest absolute Gasteiger partial charge is 0.481 e. The van der Waals surface area contributed by atoms with Gasteiger partial charge in [-0.3, -0.25) is 4.79 Å². The van der Waals surface area contributed by atoms with Gasteiger partial charge in [0.05, 0.1) is 5.92 Å². The lowest BCUT2D eigenvalue weighted by Gasteiger charge is -2.12. The molecular weight excluding hydrogens is 232 g/mol. The zero-order valence-corrected chi connectivity index (χ0v) is 10.2. The molecule has 4 nitrogen and oxygen atoms in total. The van der Waals surface area contributed by atoms with E-state index in [2.05, 4.69) is 0 Å². The molecular formula is C14H16O4. The lowest BCUT2D eigenvalue weighted by Crippen LogP contribution is -2.14. The fraction of sp³-hybridized carbons (Fsp3) is 0.357. The van der Waals surface area contributed by atoms with Gasteiger partial charge in [-0.15, -0.1) is 0 Å². The number of aliphatic carboxylic acids is 1. The highest BCUT2D eigenvalue weighted by Crippen LogP contribution is 2.23. The number of carboxylic acids is 1. The Morgan fingerprint density at radius 3 is 2.78 bits per heavy atom. The third-order valence-corrected chi connectivity index (χ3v) is 2.81. The normalized spacial score (nSPS) is 19.6. The van der Waals surface area contributed by atoms with E-state index in [-0.39, 0.29) is 6.29 Å². The van der Waals surface area contributed by atoms with Crippen LogP contribution in [-0.2, 0) is 20.7 Å². The topological polar surface area (TPSA) is 55.8 Å². The Morgan fingerprint density at radius 2 is 2.11 bits per heavy atom. The number of benzene rings is 1. The third-order valence-electron chi connectivity index (χ3n) is 2.81. The van der Waals surface area contributed by atoms with E-state index in [1.807, 2.05) is 30.3 Å². The Labute approximate surface area is 106 Å². The van der Waals surface area contributed by atoms with E-state index in [0.29, 0.717) is 18.6 Å². The van der Waals surface area contributed by atoms with Gasteiger partial charge >= 0.3 is 5.97 Å². The van der Waals surface area contributed by atoms with Gasteiger partial charge in [0, 0.05) is 12.8 Å². The van der Waals surface area contributed by atoms with Crippen LogP contribution in [0.5, 0.6) is 0 Å². The second-order valence-electron chi connectivity index (χ2n) is 4.40. The number of hydrogen-bond acceptors (Lipinski definition) is 3. The molecule has 96 valence electrons. The van der Waals surface area contributed by atoms with Gasteiger partial charge in [0.25, 0.3) is 0 Å². The molecule has 0 saturated heterocycles. The van der Waals surface area contributed by atoms with Crippen molar-refractivity contribution in [2.75, 3.05) is 0 Å². The van der Waals surface area contributed by atoms with Crippen molar-refractivity contribution in [3.8, 4) is 0 Å². The SMILES string of the molecule is C[C@@H](CC1=COC(Cc2ccccc2)O1)C(=O)O. The molecule has 1 aliphatic heterocycles. The molecule has 1 heterocycles. The summed E-state index contributed by atoms with van der Waals surface area (Å²) >= 11 is 0. The maximum Gasteiger partial charge on any atom is 0.306 e. The number of hydrogen-bond donors (Lipinski definition) is 1. The van der Waals surface area contributed by atoms with E-state index in [1.54, 1.807) is 6.92 Å². The van der Waals surface area contributed by atoms with Crippen molar-refractivity contribution >= 4 is 5.97 Å². The van der Waals surface area contributed by atoms with E-state index >= 15 is 0 Å². The summed E-state index contributed by atoms with van der Waals surface area (Å²) in [5.41, 5.74) is 1.13. The molecule has 18 heavy (non-hydrogen) atoms. The van der Waals surface area contributed by atoms with Gasteiger partial charge in [-0.05, 0) is 5.56 Å². The molecule has 1 unspecified atom stereocenters. The molecule has 2 rings (SSSR count). The van der Waals surface area contributed by atoms with Crippen LogP contribution in [0.3, 0.4) is 0 Å². The number of allylic oxidation sites excluding steroid dienone is 1. The molecule has 1 aliphatic rings. The molecule has 1 N–H and O–H groups in total. The quantitative estimate of drug-likeness (QED) is 0.870. The van der Waals surface area contributed by atoms with E-state index in [9.17, 15) is 4.79 Å². The number of carboxylic acid groups (broad SMARTS) is 1. The fourth-order valence-corrected chi connectivity index (χ4v) is 1.76. The van der Waals surface area contributed by atoms with Gasteiger partial charge in [-0.2, -0.15) is 0 Å². The van der Waals surface area contributed by atoms with Crippen LogP contribution < -0.4 is 0 Å². The maximum absolute atomic E-state index is 10.7. The molecule has 0 aromatic heterocycles. The number of ether oxygens (including phenoxy) is 2. The summed E-state index contributed by atoms with van der Waals surface area (Å²) in [4.78, 5) is 10.7. The first-order valence-electron chi connectivity index (χ1n) is 5.93.